The number of rotatable bonds is 4. The summed E-state index contributed by atoms with van der Waals surface area (Å²) in [6.07, 6.45) is 7.96. The monoisotopic (exact) mass is 320 g/mol. The molecule has 3 rings (SSSR count). The molecular weight excluding hydrogens is 296 g/mol. The van der Waals surface area contributed by atoms with E-state index in [1.807, 2.05) is 29.9 Å². The van der Waals surface area contributed by atoms with Crippen molar-refractivity contribution in [1.82, 2.24) is 14.6 Å². The topological polar surface area (TPSA) is 42.5 Å². The Hall–Kier alpha value is -2.49. The zero-order valence-electron chi connectivity index (χ0n) is 15.0. The summed E-state index contributed by atoms with van der Waals surface area (Å²) in [5.74, 6) is 1.64. The molecule has 0 aliphatic carbocycles. The summed E-state index contributed by atoms with van der Waals surface area (Å²) in [4.78, 5) is 9.03. The maximum absolute atomic E-state index is 4.70. The molecule has 0 saturated carbocycles. The van der Waals surface area contributed by atoms with E-state index in [-0.39, 0.29) is 0 Å². The first-order chi connectivity index (χ1) is 11.4. The Morgan fingerprint density at radius 3 is 2.71 bits per heavy atom. The summed E-state index contributed by atoms with van der Waals surface area (Å²) < 4.78 is 1.87. The van der Waals surface area contributed by atoms with Crippen LogP contribution in [0.5, 0.6) is 0 Å². The third-order valence-corrected chi connectivity index (χ3v) is 4.59. The van der Waals surface area contributed by atoms with E-state index in [1.165, 1.54) is 11.3 Å². The summed E-state index contributed by atoms with van der Waals surface area (Å²) in [6, 6.07) is 2.07. The van der Waals surface area contributed by atoms with Crippen molar-refractivity contribution < 1.29 is 0 Å². The number of aryl methyl sites for hydroxylation is 1. The molecule has 0 radical (unpaired) electrons. The highest BCUT2D eigenvalue weighted by Crippen LogP contribution is 2.35. The average Bonchev–Trinajstić information content (AvgIpc) is 3.05. The molecule has 0 saturated heterocycles. The first-order valence-electron chi connectivity index (χ1n) is 8.33. The number of fused-ring (bicyclic) bond motifs is 1. The van der Waals surface area contributed by atoms with Gasteiger partial charge in [0.2, 0.25) is 0 Å². The molecular formula is C20H24N4. The van der Waals surface area contributed by atoms with Gasteiger partial charge in [0.15, 0.2) is 0 Å². The molecule has 0 amide bonds. The first kappa shape index (κ1) is 16.4. The van der Waals surface area contributed by atoms with Gasteiger partial charge in [0.25, 0.3) is 0 Å². The van der Waals surface area contributed by atoms with Gasteiger partial charge in [-0.05, 0) is 50.0 Å². The van der Waals surface area contributed by atoms with E-state index < -0.39 is 0 Å². The minimum absolute atomic E-state index is 0.368. The van der Waals surface area contributed by atoms with Crippen LogP contribution in [0.4, 0.5) is 0 Å². The molecule has 0 N–H and O–H groups in total. The van der Waals surface area contributed by atoms with Crippen molar-refractivity contribution in [1.29, 1.82) is 0 Å². The van der Waals surface area contributed by atoms with Crippen molar-refractivity contribution in [2.24, 2.45) is 16.8 Å². The third kappa shape index (κ3) is 2.73. The van der Waals surface area contributed by atoms with Crippen LogP contribution in [-0.2, 0) is 0 Å². The minimum atomic E-state index is 0.368. The zero-order chi connectivity index (χ0) is 17.4. The second kappa shape index (κ2) is 6.19. The maximum atomic E-state index is 4.70. The predicted octanol–water partition coefficient (Wildman–Crippen LogP) is 4.63. The number of hydrogen-bond donors (Lipinski definition) is 0. The van der Waals surface area contributed by atoms with Gasteiger partial charge in [-0.3, -0.25) is 4.99 Å². The SMILES string of the molecule is C=C/C(=C\C1=C(C)N=C(C)C1C(C)C)c1ccn2nc(C)ncc12. The molecule has 3 heterocycles. The van der Waals surface area contributed by atoms with Crippen molar-refractivity contribution >= 4 is 16.8 Å². The molecule has 0 fully saturated rings. The van der Waals surface area contributed by atoms with Gasteiger partial charge in [0, 0.05) is 29.1 Å². The highest BCUT2D eigenvalue weighted by atomic mass is 15.2. The highest BCUT2D eigenvalue weighted by Gasteiger charge is 2.27. The van der Waals surface area contributed by atoms with Crippen LogP contribution in [0.25, 0.3) is 11.1 Å². The summed E-state index contributed by atoms with van der Waals surface area (Å²) in [7, 11) is 0. The van der Waals surface area contributed by atoms with Gasteiger partial charge < -0.3 is 0 Å². The van der Waals surface area contributed by atoms with E-state index in [0.29, 0.717) is 11.8 Å². The lowest BCUT2D eigenvalue weighted by molar-refractivity contribution is 0.565. The van der Waals surface area contributed by atoms with Gasteiger partial charge in [0.1, 0.15) is 5.82 Å². The van der Waals surface area contributed by atoms with Gasteiger partial charge in [-0.2, -0.15) is 5.10 Å². The Morgan fingerprint density at radius 1 is 1.29 bits per heavy atom. The minimum Gasteiger partial charge on any atom is -0.262 e. The molecule has 0 aromatic carbocycles. The fourth-order valence-electron chi connectivity index (χ4n) is 3.53. The van der Waals surface area contributed by atoms with E-state index in [9.17, 15) is 0 Å². The van der Waals surface area contributed by atoms with Crippen molar-refractivity contribution in [3.63, 3.8) is 0 Å². The van der Waals surface area contributed by atoms with Crippen LogP contribution in [0.1, 0.15) is 39.1 Å². The molecule has 1 aliphatic rings. The van der Waals surface area contributed by atoms with Crippen LogP contribution in [0, 0.1) is 18.8 Å². The molecule has 0 bridgehead atoms. The average molecular weight is 320 g/mol. The summed E-state index contributed by atoms with van der Waals surface area (Å²) >= 11 is 0. The van der Waals surface area contributed by atoms with Crippen LogP contribution in [0.15, 0.2) is 53.5 Å². The summed E-state index contributed by atoms with van der Waals surface area (Å²) in [5.41, 5.74) is 6.73. The molecule has 124 valence electrons. The Kier molecular flexibility index (Phi) is 4.22. The Labute approximate surface area is 143 Å². The molecule has 0 spiro atoms. The van der Waals surface area contributed by atoms with Crippen LogP contribution < -0.4 is 0 Å². The Balaban J connectivity index is 2.10. The molecule has 4 heteroatoms. The largest absolute Gasteiger partial charge is 0.262 e. The molecule has 2 aromatic rings. The standard InChI is InChI=1S/C20H24N4/c1-7-16(10-18-13(4)22-14(5)20(18)12(2)3)17-8-9-24-19(17)11-21-15(6)23-24/h7-12,20H,1H2,2-6H3/b16-10+. The van der Waals surface area contributed by atoms with Crippen LogP contribution >= 0.6 is 0 Å². The van der Waals surface area contributed by atoms with Gasteiger partial charge >= 0.3 is 0 Å². The van der Waals surface area contributed by atoms with Crippen molar-refractivity contribution in [3.05, 3.63) is 59.8 Å². The second-order valence-corrected chi connectivity index (χ2v) is 6.68. The van der Waals surface area contributed by atoms with E-state index in [1.54, 1.807) is 0 Å². The summed E-state index contributed by atoms with van der Waals surface area (Å²) in [6.45, 7) is 14.6. The number of nitrogens with zero attached hydrogens (tertiary/aromatic N) is 4. The van der Waals surface area contributed by atoms with Gasteiger partial charge in [-0.15, -0.1) is 0 Å². The lowest BCUT2D eigenvalue weighted by Gasteiger charge is -2.18. The van der Waals surface area contributed by atoms with E-state index in [0.717, 1.165) is 28.2 Å². The molecule has 4 nitrogen and oxygen atoms in total. The smallest absolute Gasteiger partial charge is 0.146 e. The van der Waals surface area contributed by atoms with Crippen LogP contribution in [0.3, 0.4) is 0 Å². The van der Waals surface area contributed by atoms with Gasteiger partial charge in [-0.25, -0.2) is 9.50 Å². The Bertz CT molecular complexity index is 893. The number of aliphatic imine (C=N–C) groups is 1. The molecule has 24 heavy (non-hydrogen) atoms. The van der Waals surface area contributed by atoms with E-state index >= 15 is 0 Å². The quantitative estimate of drug-likeness (QED) is 0.771. The normalized spacial score (nSPS) is 18.7. The maximum Gasteiger partial charge on any atom is 0.146 e. The number of hydrogen-bond acceptors (Lipinski definition) is 3. The summed E-state index contributed by atoms with van der Waals surface area (Å²) in [5, 5.41) is 4.42. The van der Waals surface area contributed by atoms with Crippen molar-refractivity contribution in [2.45, 2.75) is 34.6 Å². The van der Waals surface area contributed by atoms with Gasteiger partial charge in [-0.1, -0.05) is 26.5 Å². The molecule has 1 atom stereocenters. The van der Waals surface area contributed by atoms with Crippen LogP contribution in [0.2, 0.25) is 0 Å². The Morgan fingerprint density at radius 2 is 2.04 bits per heavy atom. The zero-order valence-corrected chi connectivity index (χ0v) is 15.0. The fraction of sp³-hybridized carbons (Fsp3) is 0.350. The first-order valence-corrected chi connectivity index (χ1v) is 8.33. The highest BCUT2D eigenvalue weighted by molar-refractivity contribution is 5.93. The number of allylic oxidation sites excluding steroid dienone is 5. The second-order valence-electron chi connectivity index (χ2n) is 6.68. The van der Waals surface area contributed by atoms with Gasteiger partial charge in [0.05, 0.1) is 11.7 Å². The fourth-order valence-corrected chi connectivity index (χ4v) is 3.53. The van der Waals surface area contributed by atoms with Crippen molar-refractivity contribution in [3.8, 4) is 0 Å². The lowest BCUT2D eigenvalue weighted by Crippen LogP contribution is -2.16. The van der Waals surface area contributed by atoms with E-state index in [4.69, 9.17) is 4.99 Å². The number of aromatic nitrogens is 3. The molecule has 2 aromatic heterocycles. The third-order valence-electron chi connectivity index (χ3n) is 4.59. The molecule has 1 unspecified atom stereocenters. The lowest BCUT2D eigenvalue weighted by atomic mass is 9.84. The van der Waals surface area contributed by atoms with Crippen molar-refractivity contribution in [2.75, 3.05) is 0 Å². The predicted molar refractivity (Wildman–Crippen MR) is 100 cm³/mol. The molecule has 1 aliphatic heterocycles. The van der Waals surface area contributed by atoms with E-state index in [2.05, 4.69) is 56.5 Å². The van der Waals surface area contributed by atoms with Crippen LogP contribution in [-0.4, -0.2) is 20.3 Å².